The first-order valence-corrected chi connectivity index (χ1v) is 14.3. The van der Waals surface area contributed by atoms with Gasteiger partial charge in [-0.1, -0.05) is 43.5 Å². The smallest absolute Gasteiger partial charge is 0.375 e. The van der Waals surface area contributed by atoms with Crippen LogP contribution in [0.2, 0.25) is 0 Å². The minimum absolute atomic E-state index is 0.0112. The molecule has 0 radical (unpaired) electrons. The van der Waals surface area contributed by atoms with Gasteiger partial charge in [0.2, 0.25) is 10.9 Å². The predicted molar refractivity (Wildman–Crippen MR) is 142 cm³/mol. The molecule has 3 saturated carbocycles. The van der Waals surface area contributed by atoms with E-state index >= 15 is 8.78 Å². The van der Waals surface area contributed by atoms with Crippen LogP contribution in [0.1, 0.15) is 50.6 Å². The number of hydrogen-bond donors (Lipinski definition) is 2. The number of furan rings is 1. The molecule has 0 spiro atoms. The Morgan fingerprint density at radius 1 is 1.25 bits per heavy atom. The average Bonchev–Trinajstić information content (AvgIpc) is 3.52. The van der Waals surface area contributed by atoms with E-state index in [1.807, 2.05) is 0 Å². The fourth-order valence-corrected chi connectivity index (χ4v) is 9.12. The number of ketones is 1. The highest BCUT2D eigenvalue weighted by atomic mass is 32.2. The van der Waals surface area contributed by atoms with Crippen molar-refractivity contribution < 1.29 is 42.5 Å². The molecule has 1 aromatic heterocycles. The fourth-order valence-electron chi connectivity index (χ4n) is 8.12. The lowest BCUT2D eigenvalue weighted by atomic mass is 9.44. The number of carbonyl (C=O) groups excluding carboxylic acids is 3. The zero-order valence-corrected chi connectivity index (χ0v) is 23.3. The van der Waals surface area contributed by atoms with Gasteiger partial charge in [0.25, 0.3) is 0 Å². The Bertz CT molecular complexity index is 1350. The Labute approximate surface area is 235 Å². The molecule has 1 aromatic rings. The summed E-state index contributed by atoms with van der Waals surface area (Å²) in [6.07, 6.45) is 1.43. The highest BCUT2D eigenvalue weighted by molar-refractivity contribution is 8.14. The topological polar surface area (TPSA) is 114 Å². The zero-order chi connectivity index (χ0) is 29.1. The molecule has 7 nitrogen and oxygen atoms in total. The van der Waals surface area contributed by atoms with Crippen molar-refractivity contribution in [1.29, 1.82) is 0 Å². The molecule has 0 aliphatic heterocycles. The van der Waals surface area contributed by atoms with E-state index < -0.39 is 69.0 Å². The number of thioether (sulfide) groups is 1. The second-order valence-corrected chi connectivity index (χ2v) is 12.6. The summed E-state index contributed by atoms with van der Waals surface area (Å²) in [5.41, 5.74) is -6.96. The van der Waals surface area contributed by atoms with Crippen molar-refractivity contribution >= 4 is 28.6 Å². The molecule has 3 fully saturated rings. The van der Waals surface area contributed by atoms with Crippen LogP contribution in [0, 0.1) is 40.4 Å². The summed E-state index contributed by atoms with van der Waals surface area (Å²) < 4.78 is 44.6. The second-order valence-electron chi connectivity index (χ2n) is 11.7. The summed E-state index contributed by atoms with van der Waals surface area (Å²) in [5, 5.41) is 20.1. The molecule has 9 atom stereocenters. The number of hydrogen-bond acceptors (Lipinski definition) is 8. The number of esters is 1. The van der Waals surface area contributed by atoms with E-state index in [1.54, 1.807) is 13.8 Å². The number of aliphatic hydroxyl groups is 2. The maximum Gasteiger partial charge on any atom is 0.375 e. The second kappa shape index (κ2) is 9.97. The largest absolute Gasteiger partial charge is 0.457 e. The molecule has 214 valence electrons. The molecule has 2 unspecified atom stereocenters. The van der Waals surface area contributed by atoms with E-state index in [4.69, 9.17) is 14.3 Å². The number of fused-ring (bicyclic) bond motifs is 5. The number of aliphatic hydroxyl groups excluding tert-OH is 2. The van der Waals surface area contributed by atoms with Gasteiger partial charge >= 0.3 is 5.97 Å². The normalized spacial score (nSPS) is 41.6. The lowest BCUT2D eigenvalue weighted by molar-refractivity contribution is -0.221. The number of ether oxygens (including phenoxy) is 1. The molecule has 10 heteroatoms. The predicted octanol–water partition coefficient (Wildman–Crippen LogP) is 4.00. The molecule has 0 saturated heterocycles. The van der Waals surface area contributed by atoms with Crippen LogP contribution in [0.4, 0.5) is 8.78 Å². The molecule has 5 rings (SSSR count). The van der Waals surface area contributed by atoms with Gasteiger partial charge in [0.1, 0.15) is 12.8 Å². The SMILES string of the molecule is C[C@@H]1CC2C3C[C@H](F)C4=CC(=O)C=C[C@]4(C)[C@@]3(F)[C@@H](O)C[C@]2(C)[C@@]1(OC(=O)c1ccco1)C(=O)SCC#CCO. The Balaban J connectivity index is 1.61. The summed E-state index contributed by atoms with van der Waals surface area (Å²) in [5.74, 6) is 1.45. The van der Waals surface area contributed by atoms with Gasteiger partial charge in [-0.3, -0.25) is 9.59 Å². The highest BCUT2D eigenvalue weighted by Gasteiger charge is 2.78. The number of carbonyl (C=O) groups is 3. The van der Waals surface area contributed by atoms with Crippen molar-refractivity contribution in [2.24, 2.45) is 28.6 Å². The minimum atomic E-state index is -2.33. The van der Waals surface area contributed by atoms with Gasteiger partial charge in [-0.05, 0) is 62.0 Å². The van der Waals surface area contributed by atoms with E-state index in [1.165, 1.54) is 37.5 Å². The Morgan fingerprint density at radius 2 is 2.00 bits per heavy atom. The summed E-state index contributed by atoms with van der Waals surface area (Å²) in [6.45, 7) is 4.58. The van der Waals surface area contributed by atoms with Gasteiger partial charge in [-0.2, -0.15) is 0 Å². The van der Waals surface area contributed by atoms with Crippen molar-refractivity contribution in [2.75, 3.05) is 12.4 Å². The summed E-state index contributed by atoms with van der Waals surface area (Å²) >= 11 is 0.819. The van der Waals surface area contributed by atoms with Crippen LogP contribution >= 0.6 is 11.8 Å². The van der Waals surface area contributed by atoms with Crippen molar-refractivity contribution in [2.45, 2.75) is 63.6 Å². The molecule has 0 amide bonds. The minimum Gasteiger partial charge on any atom is -0.457 e. The van der Waals surface area contributed by atoms with E-state index in [0.717, 1.165) is 17.8 Å². The van der Waals surface area contributed by atoms with E-state index in [-0.39, 0.29) is 43.0 Å². The van der Waals surface area contributed by atoms with Crippen LogP contribution in [0.3, 0.4) is 0 Å². The quantitative estimate of drug-likeness (QED) is 0.410. The monoisotopic (exact) mass is 574 g/mol. The molecule has 0 aromatic carbocycles. The van der Waals surface area contributed by atoms with Crippen molar-refractivity contribution in [3.63, 3.8) is 0 Å². The van der Waals surface area contributed by atoms with E-state index in [2.05, 4.69) is 11.8 Å². The number of rotatable bonds is 4. The zero-order valence-electron chi connectivity index (χ0n) is 22.5. The summed E-state index contributed by atoms with van der Waals surface area (Å²) in [4.78, 5) is 39.4. The van der Waals surface area contributed by atoms with Gasteiger partial charge in [-0.15, -0.1) is 0 Å². The Morgan fingerprint density at radius 3 is 2.67 bits per heavy atom. The highest BCUT2D eigenvalue weighted by Crippen LogP contribution is 2.72. The van der Waals surface area contributed by atoms with Gasteiger partial charge in [-0.25, -0.2) is 13.6 Å². The first-order chi connectivity index (χ1) is 18.9. The van der Waals surface area contributed by atoms with Crippen molar-refractivity contribution in [1.82, 2.24) is 0 Å². The molecular formula is C30H32F2O7S. The van der Waals surface area contributed by atoms with Crippen LogP contribution in [0.25, 0.3) is 0 Å². The molecule has 4 aliphatic carbocycles. The summed E-state index contributed by atoms with van der Waals surface area (Å²) in [7, 11) is 0. The van der Waals surface area contributed by atoms with Gasteiger partial charge in [0, 0.05) is 22.7 Å². The Kier molecular flexibility index (Phi) is 7.17. The first-order valence-electron chi connectivity index (χ1n) is 13.3. The lowest BCUT2D eigenvalue weighted by Crippen LogP contribution is -2.70. The molecule has 0 bridgehead atoms. The van der Waals surface area contributed by atoms with Gasteiger partial charge < -0.3 is 19.4 Å². The lowest BCUT2D eigenvalue weighted by Gasteiger charge is -2.63. The van der Waals surface area contributed by atoms with E-state index in [0.29, 0.717) is 0 Å². The van der Waals surface area contributed by atoms with Crippen LogP contribution in [-0.2, 0) is 14.3 Å². The molecule has 1 heterocycles. The third-order valence-electron chi connectivity index (χ3n) is 9.93. The van der Waals surface area contributed by atoms with Crippen LogP contribution in [0.15, 0.2) is 46.6 Å². The van der Waals surface area contributed by atoms with Gasteiger partial charge in [0.15, 0.2) is 17.1 Å². The van der Waals surface area contributed by atoms with Gasteiger partial charge in [0.05, 0.1) is 18.1 Å². The standard InChI is InChI=1S/C30H32F2O7S/c1-17-13-19-20-15-22(31)21-14-18(34)8-9-27(21,2)29(20,32)24(35)16-28(19,3)30(17,26(37)40-12-5-4-10-33)39-25(36)23-7-6-11-38-23/h6-9,11,14,17,19-20,22,24,33,35H,10,12-13,15-16H2,1-3H3/t17-,19?,20?,22+,24+,27+,28+,29+,30+/m1/s1. The molecule has 40 heavy (non-hydrogen) atoms. The third kappa shape index (κ3) is 3.81. The third-order valence-corrected chi connectivity index (χ3v) is 10.8. The van der Waals surface area contributed by atoms with Crippen molar-refractivity contribution in [3.8, 4) is 11.8 Å². The maximum atomic E-state index is 17.5. The number of halogens is 2. The fraction of sp³-hybridized carbons (Fsp3) is 0.567. The maximum absolute atomic E-state index is 17.5. The van der Waals surface area contributed by atoms with Crippen LogP contribution < -0.4 is 0 Å². The van der Waals surface area contributed by atoms with E-state index in [9.17, 15) is 19.5 Å². The first kappa shape index (κ1) is 28.8. The molecule has 4 aliphatic rings. The number of allylic oxidation sites excluding steroid dienone is 4. The molecule has 2 N–H and O–H groups in total. The Hall–Kier alpha value is -2.74. The molecular weight excluding hydrogens is 542 g/mol. The van der Waals surface area contributed by atoms with Crippen molar-refractivity contribution in [3.05, 3.63) is 48.0 Å². The van der Waals surface area contributed by atoms with Crippen LogP contribution in [0.5, 0.6) is 0 Å². The number of alkyl halides is 2. The summed E-state index contributed by atoms with van der Waals surface area (Å²) in [6, 6.07) is 2.91. The average molecular weight is 575 g/mol. The van der Waals surface area contributed by atoms with Crippen LogP contribution in [-0.4, -0.2) is 63.0 Å².